The fourth-order valence-corrected chi connectivity index (χ4v) is 2.88. The van der Waals surface area contributed by atoms with E-state index in [2.05, 4.69) is 25.3 Å². The van der Waals surface area contributed by atoms with Crippen LogP contribution >= 0.6 is 0 Å². The highest BCUT2D eigenvalue weighted by Crippen LogP contribution is 2.42. The Bertz CT molecular complexity index is 444. The minimum absolute atomic E-state index is 0.0342. The molecule has 0 amide bonds. The molecule has 4 heteroatoms. The van der Waals surface area contributed by atoms with E-state index in [1.165, 1.54) is 24.0 Å². The normalized spacial score (nSPS) is 18.2. The van der Waals surface area contributed by atoms with Crippen LogP contribution in [0.4, 0.5) is 0 Å². The topological polar surface area (TPSA) is 56.5 Å². The third-order valence-electron chi connectivity index (χ3n) is 3.89. The van der Waals surface area contributed by atoms with Crippen molar-refractivity contribution in [1.82, 2.24) is 5.43 Å². The first-order chi connectivity index (χ1) is 9.12. The Morgan fingerprint density at radius 1 is 1.26 bits per heavy atom. The monoisotopic (exact) mass is 264 g/mol. The average molecular weight is 264 g/mol. The summed E-state index contributed by atoms with van der Waals surface area (Å²) in [6.07, 6.45) is 2.52. The highest BCUT2D eigenvalue weighted by molar-refractivity contribution is 5.45. The van der Waals surface area contributed by atoms with Crippen LogP contribution < -0.4 is 16.0 Å². The lowest BCUT2D eigenvalue weighted by molar-refractivity contribution is 0.0497. The zero-order chi connectivity index (χ0) is 14.0. The van der Waals surface area contributed by atoms with Crippen molar-refractivity contribution in [3.8, 4) is 5.75 Å². The standard InChI is InChI=1S/C15H24N2O2/c1-9-7-10(2)13(12(8-9)18-3)14(17-16)15(19-4)11-5-6-11/h7-8,11,14-15,17H,5-6,16H2,1-4H3. The van der Waals surface area contributed by atoms with E-state index >= 15 is 0 Å². The van der Waals surface area contributed by atoms with E-state index in [-0.39, 0.29) is 12.1 Å². The molecule has 2 unspecified atom stereocenters. The van der Waals surface area contributed by atoms with Gasteiger partial charge in [0.15, 0.2) is 0 Å². The number of nitrogens with one attached hydrogen (secondary N) is 1. The van der Waals surface area contributed by atoms with Crippen molar-refractivity contribution in [2.45, 2.75) is 38.8 Å². The molecule has 1 aliphatic rings. The van der Waals surface area contributed by atoms with Gasteiger partial charge in [-0.15, -0.1) is 0 Å². The summed E-state index contributed by atoms with van der Waals surface area (Å²) in [7, 11) is 3.45. The van der Waals surface area contributed by atoms with Gasteiger partial charge in [0.05, 0.1) is 19.3 Å². The number of hydrogen-bond acceptors (Lipinski definition) is 4. The quantitative estimate of drug-likeness (QED) is 0.611. The Kier molecular flexibility index (Phi) is 4.45. The summed E-state index contributed by atoms with van der Waals surface area (Å²) < 4.78 is 11.2. The van der Waals surface area contributed by atoms with E-state index in [4.69, 9.17) is 15.3 Å². The fourth-order valence-electron chi connectivity index (χ4n) is 2.88. The molecule has 4 nitrogen and oxygen atoms in total. The van der Waals surface area contributed by atoms with Gasteiger partial charge in [-0.05, 0) is 49.8 Å². The molecule has 1 aliphatic carbocycles. The summed E-state index contributed by atoms with van der Waals surface area (Å²) in [6, 6.07) is 4.17. The van der Waals surface area contributed by atoms with Crippen LogP contribution in [-0.4, -0.2) is 20.3 Å². The summed E-state index contributed by atoms with van der Waals surface area (Å²) in [5.74, 6) is 7.26. The van der Waals surface area contributed by atoms with Crippen LogP contribution in [0.25, 0.3) is 0 Å². The molecule has 0 saturated heterocycles. The van der Waals surface area contributed by atoms with E-state index in [9.17, 15) is 0 Å². The number of hydrazine groups is 1. The molecule has 2 atom stereocenters. The first-order valence-corrected chi connectivity index (χ1v) is 6.76. The second-order valence-corrected chi connectivity index (χ2v) is 5.38. The van der Waals surface area contributed by atoms with Crippen LogP contribution in [0, 0.1) is 19.8 Å². The number of aryl methyl sites for hydroxylation is 2. The molecule has 0 radical (unpaired) electrons. The van der Waals surface area contributed by atoms with Gasteiger partial charge >= 0.3 is 0 Å². The smallest absolute Gasteiger partial charge is 0.124 e. The van der Waals surface area contributed by atoms with Crippen LogP contribution in [0.5, 0.6) is 5.75 Å². The molecular weight excluding hydrogens is 240 g/mol. The van der Waals surface area contributed by atoms with Crippen LogP contribution in [0.15, 0.2) is 12.1 Å². The molecule has 0 bridgehead atoms. The molecule has 1 saturated carbocycles. The molecule has 0 aliphatic heterocycles. The first kappa shape index (κ1) is 14.3. The minimum Gasteiger partial charge on any atom is -0.496 e. The van der Waals surface area contributed by atoms with Gasteiger partial charge in [-0.3, -0.25) is 11.3 Å². The second kappa shape index (κ2) is 5.90. The van der Waals surface area contributed by atoms with Gasteiger partial charge in [-0.25, -0.2) is 0 Å². The summed E-state index contributed by atoms with van der Waals surface area (Å²) in [4.78, 5) is 0. The third kappa shape index (κ3) is 2.91. The van der Waals surface area contributed by atoms with Crippen LogP contribution in [-0.2, 0) is 4.74 Å². The lowest BCUT2D eigenvalue weighted by atomic mass is 9.92. The zero-order valence-corrected chi connectivity index (χ0v) is 12.2. The zero-order valence-electron chi connectivity index (χ0n) is 12.2. The van der Waals surface area contributed by atoms with Crippen LogP contribution in [0.3, 0.4) is 0 Å². The summed E-state index contributed by atoms with van der Waals surface area (Å²) in [6.45, 7) is 4.16. The Morgan fingerprint density at radius 2 is 1.95 bits per heavy atom. The van der Waals surface area contributed by atoms with Gasteiger partial charge in [0.2, 0.25) is 0 Å². The number of nitrogens with two attached hydrogens (primary N) is 1. The Morgan fingerprint density at radius 3 is 2.42 bits per heavy atom. The third-order valence-corrected chi connectivity index (χ3v) is 3.89. The number of rotatable bonds is 6. The Labute approximate surface area is 115 Å². The average Bonchev–Trinajstić information content (AvgIpc) is 3.20. The summed E-state index contributed by atoms with van der Waals surface area (Å²) in [5, 5.41) is 0. The number of ether oxygens (including phenoxy) is 2. The van der Waals surface area contributed by atoms with E-state index in [0.717, 1.165) is 11.3 Å². The largest absolute Gasteiger partial charge is 0.496 e. The second-order valence-electron chi connectivity index (χ2n) is 5.38. The number of hydrogen-bond donors (Lipinski definition) is 2. The Hall–Kier alpha value is -1.10. The maximum atomic E-state index is 5.79. The Balaban J connectivity index is 2.41. The van der Waals surface area contributed by atoms with Crippen molar-refractivity contribution in [3.05, 3.63) is 28.8 Å². The molecule has 0 spiro atoms. The van der Waals surface area contributed by atoms with E-state index in [0.29, 0.717) is 5.92 Å². The molecule has 1 aromatic rings. The van der Waals surface area contributed by atoms with Gasteiger partial charge in [-0.2, -0.15) is 0 Å². The van der Waals surface area contributed by atoms with Crippen molar-refractivity contribution in [1.29, 1.82) is 0 Å². The van der Waals surface area contributed by atoms with Crippen molar-refractivity contribution in [3.63, 3.8) is 0 Å². The minimum atomic E-state index is -0.0342. The molecule has 1 fully saturated rings. The van der Waals surface area contributed by atoms with Crippen molar-refractivity contribution in [2.24, 2.45) is 11.8 Å². The maximum Gasteiger partial charge on any atom is 0.124 e. The van der Waals surface area contributed by atoms with E-state index < -0.39 is 0 Å². The van der Waals surface area contributed by atoms with Gasteiger partial charge in [0, 0.05) is 12.7 Å². The molecular formula is C15H24N2O2. The molecule has 2 rings (SSSR count). The maximum absolute atomic E-state index is 5.79. The van der Waals surface area contributed by atoms with E-state index in [1.807, 2.05) is 6.07 Å². The number of methoxy groups -OCH3 is 2. The fraction of sp³-hybridized carbons (Fsp3) is 0.600. The van der Waals surface area contributed by atoms with Crippen molar-refractivity contribution < 1.29 is 9.47 Å². The highest BCUT2D eigenvalue weighted by Gasteiger charge is 2.38. The predicted molar refractivity (Wildman–Crippen MR) is 76.1 cm³/mol. The number of benzene rings is 1. The van der Waals surface area contributed by atoms with Gasteiger partial charge in [0.25, 0.3) is 0 Å². The molecule has 106 valence electrons. The van der Waals surface area contributed by atoms with Gasteiger partial charge < -0.3 is 9.47 Å². The van der Waals surface area contributed by atoms with Gasteiger partial charge in [-0.1, -0.05) is 6.07 Å². The van der Waals surface area contributed by atoms with Crippen molar-refractivity contribution in [2.75, 3.05) is 14.2 Å². The lowest BCUT2D eigenvalue weighted by Gasteiger charge is -2.28. The summed E-state index contributed by atoms with van der Waals surface area (Å²) in [5.41, 5.74) is 6.40. The summed E-state index contributed by atoms with van der Waals surface area (Å²) >= 11 is 0. The van der Waals surface area contributed by atoms with Crippen molar-refractivity contribution >= 4 is 0 Å². The predicted octanol–water partition coefficient (Wildman–Crippen LogP) is 2.24. The van der Waals surface area contributed by atoms with E-state index in [1.54, 1.807) is 14.2 Å². The molecule has 0 heterocycles. The first-order valence-electron chi connectivity index (χ1n) is 6.76. The molecule has 3 N–H and O–H groups in total. The van der Waals surface area contributed by atoms with Gasteiger partial charge in [0.1, 0.15) is 5.75 Å². The van der Waals surface area contributed by atoms with Crippen LogP contribution in [0.2, 0.25) is 0 Å². The SMILES string of the molecule is COc1cc(C)cc(C)c1C(NN)C(OC)C1CC1. The molecule has 0 aromatic heterocycles. The van der Waals surface area contributed by atoms with Crippen LogP contribution in [0.1, 0.15) is 35.6 Å². The molecule has 19 heavy (non-hydrogen) atoms. The molecule has 1 aromatic carbocycles. The lowest BCUT2D eigenvalue weighted by Crippen LogP contribution is -2.39. The highest BCUT2D eigenvalue weighted by atomic mass is 16.5.